The molecule has 0 spiro atoms. The number of rotatable bonds is 2. The van der Waals surface area contributed by atoms with Gasteiger partial charge in [0.15, 0.2) is 0 Å². The lowest BCUT2D eigenvalue weighted by molar-refractivity contribution is 0.0837. The Bertz CT molecular complexity index is 449. The first-order valence-corrected chi connectivity index (χ1v) is 5.91. The van der Waals surface area contributed by atoms with Crippen LogP contribution in [0, 0.1) is 0 Å². The van der Waals surface area contributed by atoms with Crippen molar-refractivity contribution in [3.05, 3.63) is 23.9 Å². The zero-order valence-electron chi connectivity index (χ0n) is 9.43. The predicted molar refractivity (Wildman–Crippen MR) is 62.4 cm³/mol. The Labute approximate surface area is 99.4 Å². The van der Waals surface area contributed by atoms with E-state index in [1.807, 2.05) is 0 Å². The minimum Gasteiger partial charge on any atom is -0.384 e. The quantitative estimate of drug-likeness (QED) is 0.788. The lowest BCUT2D eigenvalue weighted by Gasteiger charge is -2.19. The molecule has 2 aliphatic rings. The molecule has 2 saturated heterocycles. The van der Waals surface area contributed by atoms with Crippen LogP contribution in [0.2, 0.25) is 0 Å². The zero-order chi connectivity index (χ0) is 11.8. The average Bonchev–Trinajstić information content (AvgIpc) is 2.91. The number of anilines is 1. The maximum absolute atomic E-state index is 11.9. The summed E-state index contributed by atoms with van der Waals surface area (Å²) >= 11 is 0. The van der Waals surface area contributed by atoms with E-state index in [2.05, 4.69) is 10.3 Å². The molecule has 5 nitrogen and oxygen atoms in total. The molecule has 2 aliphatic heterocycles. The summed E-state index contributed by atoms with van der Waals surface area (Å²) < 4.78 is 5.69. The van der Waals surface area contributed by atoms with Gasteiger partial charge in [-0.25, -0.2) is 4.98 Å². The third kappa shape index (κ3) is 1.98. The summed E-state index contributed by atoms with van der Waals surface area (Å²) in [5, 5.41) is 2.97. The summed E-state index contributed by atoms with van der Waals surface area (Å²) in [5.41, 5.74) is 5.92. The maximum Gasteiger partial charge on any atom is 0.270 e. The topological polar surface area (TPSA) is 77.2 Å². The van der Waals surface area contributed by atoms with Gasteiger partial charge in [0.2, 0.25) is 0 Å². The highest BCUT2D eigenvalue weighted by Crippen LogP contribution is 2.34. The molecule has 1 aromatic rings. The van der Waals surface area contributed by atoms with E-state index >= 15 is 0 Å². The summed E-state index contributed by atoms with van der Waals surface area (Å²) in [4.78, 5) is 15.9. The SMILES string of the molecule is Nc1cccc(C(=O)NC2CC3CCC2O3)n1. The molecule has 0 saturated carbocycles. The number of amides is 1. The number of aromatic nitrogens is 1. The minimum absolute atomic E-state index is 0.129. The van der Waals surface area contributed by atoms with Gasteiger partial charge in [0.1, 0.15) is 11.5 Å². The highest BCUT2D eigenvalue weighted by atomic mass is 16.5. The Hall–Kier alpha value is -1.62. The smallest absolute Gasteiger partial charge is 0.270 e. The van der Waals surface area contributed by atoms with Gasteiger partial charge in [-0.05, 0) is 31.4 Å². The van der Waals surface area contributed by atoms with Gasteiger partial charge in [-0.3, -0.25) is 4.79 Å². The number of hydrogen-bond donors (Lipinski definition) is 2. The van der Waals surface area contributed by atoms with E-state index in [0.717, 1.165) is 19.3 Å². The molecule has 2 bridgehead atoms. The Kier molecular flexibility index (Phi) is 2.48. The number of hydrogen-bond acceptors (Lipinski definition) is 4. The molecule has 3 heterocycles. The van der Waals surface area contributed by atoms with Gasteiger partial charge in [0.05, 0.1) is 18.2 Å². The highest BCUT2D eigenvalue weighted by Gasteiger charge is 2.41. The second kappa shape index (κ2) is 4.00. The molecular formula is C12H15N3O2. The van der Waals surface area contributed by atoms with Gasteiger partial charge < -0.3 is 15.8 Å². The molecule has 3 rings (SSSR count). The van der Waals surface area contributed by atoms with Crippen molar-refractivity contribution in [2.75, 3.05) is 5.73 Å². The van der Waals surface area contributed by atoms with Crippen molar-refractivity contribution in [3.8, 4) is 0 Å². The number of nitrogen functional groups attached to an aromatic ring is 1. The van der Waals surface area contributed by atoms with Crippen molar-refractivity contribution in [1.82, 2.24) is 10.3 Å². The fourth-order valence-electron chi connectivity index (χ4n) is 2.61. The van der Waals surface area contributed by atoms with Crippen LogP contribution in [-0.4, -0.2) is 29.1 Å². The largest absolute Gasteiger partial charge is 0.384 e. The normalized spacial score (nSPS) is 30.5. The average molecular weight is 233 g/mol. The van der Waals surface area contributed by atoms with E-state index in [1.54, 1.807) is 18.2 Å². The molecule has 17 heavy (non-hydrogen) atoms. The first-order chi connectivity index (χ1) is 8.22. The number of nitrogens with two attached hydrogens (primary N) is 1. The van der Waals surface area contributed by atoms with Crippen LogP contribution in [0.15, 0.2) is 18.2 Å². The highest BCUT2D eigenvalue weighted by molar-refractivity contribution is 5.92. The van der Waals surface area contributed by atoms with Crippen molar-refractivity contribution < 1.29 is 9.53 Å². The van der Waals surface area contributed by atoms with Crippen LogP contribution in [0.1, 0.15) is 29.8 Å². The van der Waals surface area contributed by atoms with E-state index in [9.17, 15) is 4.79 Å². The van der Waals surface area contributed by atoms with Crippen molar-refractivity contribution in [1.29, 1.82) is 0 Å². The van der Waals surface area contributed by atoms with Crippen LogP contribution in [0.25, 0.3) is 0 Å². The number of carbonyl (C=O) groups is 1. The first kappa shape index (κ1) is 10.5. The molecule has 90 valence electrons. The molecule has 3 atom stereocenters. The van der Waals surface area contributed by atoms with Gasteiger partial charge >= 0.3 is 0 Å². The van der Waals surface area contributed by atoms with Gasteiger partial charge in [-0.2, -0.15) is 0 Å². The fourth-order valence-corrected chi connectivity index (χ4v) is 2.61. The maximum atomic E-state index is 11.9. The van der Waals surface area contributed by atoms with E-state index in [0.29, 0.717) is 17.6 Å². The molecule has 1 amide bonds. The number of carbonyl (C=O) groups excluding carboxylic acids is 1. The molecule has 2 fully saturated rings. The van der Waals surface area contributed by atoms with Crippen molar-refractivity contribution in [3.63, 3.8) is 0 Å². The van der Waals surface area contributed by atoms with Gasteiger partial charge in [0.25, 0.3) is 5.91 Å². The summed E-state index contributed by atoms with van der Waals surface area (Å²) in [6.45, 7) is 0. The molecule has 0 radical (unpaired) electrons. The van der Waals surface area contributed by atoms with Crippen molar-refractivity contribution in [2.45, 2.75) is 37.5 Å². The summed E-state index contributed by atoms with van der Waals surface area (Å²) in [6.07, 6.45) is 3.59. The monoisotopic (exact) mass is 233 g/mol. The van der Waals surface area contributed by atoms with Crippen LogP contribution < -0.4 is 11.1 Å². The standard InChI is InChI=1S/C12H15N3O2/c13-11-3-1-2-8(14-11)12(16)15-9-6-7-4-5-10(9)17-7/h1-3,7,9-10H,4-6H2,(H2,13,14)(H,15,16). The van der Waals surface area contributed by atoms with Crippen molar-refractivity contribution >= 4 is 11.7 Å². The molecule has 0 aromatic carbocycles. The molecule has 0 aliphatic carbocycles. The van der Waals surface area contributed by atoms with Crippen LogP contribution in [0.3, 0.4) is 0 Å². The molecule has 3 N–H and O–H groups in total. The summed E-state index contributed by atoms with van der Waals surface area (Å²) in [6, 6.07) is 5.19. The van der Waals surface area contributed by atoms with Gasteiger partial charge in [-0.15, -0.1) is 0 Å². The van der Waals surface area contributed by atoms with Crippen LogP contribution in [0.4, 0.5) is 5.82 Å². The lowest BCUT2D eigenvalue weighted by atomic mass is 9.95. The summed E-state index contributed by atoms with van der Waals surface area (Å²) in [5.74, 6) is 0.195. The third-order valence-corrected chi connectivity index (χ3v) is 3.43. The Balaban J connectivity index is 1.68. The zero-order valence-corrected chi connectivity index (χ0v) is 9.43. The van der Waals surface area contributed by atoms with Crippen molar-refractivity contribution in [2.24, 2.45) is 0 Å². The summed E-state index contributed by atoms with van der Waals surface area (Å²) in [7, 11) is 0. The molecule has 3 unspecified atom stereocenters. The lowest BCUT2D eigenvalue weighted by Crippen LogP contribution is -2.41. The van der Waals surface area contributed by atoms with E-state index in [-0.39, 0.29) is 18.1 Å². The Morgan fingerprint density at radius 3 is 3.00 bits per heavy atom. The number of fused-ring (bicyclic) bond motifs is 2. The molecule has 1 aromatic heterocycles. The second-order valence-electron chi connectivity index (χ2n) is 4.64. The van der Waals surface area contributed by atoms with E-state index in [1.165, 1.54) is 0 Å². The van der Waals surface area contributed by atoms with Crippen LogP contribution in [0.5, 0.6) is 0 Å². The van der Waals surface area contributed by atoms with E-state index in [4.69, 9.17) is 10.5 Å². The third-order valence-electron chi connectivity index (χ3n) is 3.43. The predicted octanol–water partition coefficient (Wildman–Crippen LogP) is 0.713. The van der Waals surface area contributed by atoms with Gasteiger partial charge in [-0.1, -0.05) is 6.07 Å². The number of ether oxygens (including phenoxy) is 1. The van der Waals surface area contributed by atoms with E-state index < -0.39 is 0 Å². The molecule has 5 heteroatoms. The van der Waals surface area contributed by atoms with Crippen LogP contribution >= 0.6 is 0 Å². The number of pyridine rings is 1. The Morgan fingerprint density at radius 1 is 1.47 bits per heavy atom. The first-order valence-electron chi connectivity index (χ1n) is 5.91. The number of nitrogens with zero attached hydrogens (tertiary/aromatic N) is 1. The van der Waals surface area contributed by atoms with Gasteiger partial charge in [0, 0.05) is 0 Å². The second-order valence-corrected chi connectivity index (χ2v) is 4.64. The Morgan fingerprint density at radius 2 is 2.35 bits per heavy atom. The molecular weight excluding hydrogens is 218 g/mol. The number of nitrogens with one attached hydrogen (secondary N) is 1. The minimum atomic E-state index is -0.168. The van der Waals surface area contributed by atoms with Crippen LogP contribution in [-0.2, 0) is 4.74 Å². The fraction of sp³-hybridized carbons (Fsp3) is 0.500.